The maximum absolute atomic E-state index is 12.7. The van der Waals surface area contributed by atoms with E-state index in [0.29, 0.717) is 5.56 Å². The second kappa shape index (κ2) is 8.49. The summed E-state index contributed by atoms with van der Waals surface area (Å²) < 4.78 is 0. The zero-order valence-electron chi connectivity index (χ0n) is 17.6. The molecular weight excluding hydrogens is 372 g/mol. The molecule has 3 aromatic carbocycles. The van der Waals surface area contributed by atoms with Gasteiger partial charge in [0.2, 0.25) is 0 Å². The number of nitrogens with zero attached hydrogens (tertiary/aromatic N) is 3. The molecule has 0 atom stereocenters. The number of amides is 1. The molecule has 0 bridgehead atoms. The van der Waals surface area contributed by atoms with E-state index >= 15 is 0 Å². The van der Waals surface area contributed by atoms with Crippen LogP contribution in [0.4, 0.5) is 5.69 Å². The molecule has 30 heavy (non-hydrogen) atoms. The average molecular weight is 399 g/mol. The fourth-order valence-electron chi connectivity index (χ4n) is 3.51. The second-order valence-electron chi connectivity index (χ2n) is 7.68. The Morgan fingerprint density at radius 3 is 2.33 bits per heavy atom. The third-order valence-electron chi connectivity index (χ3n) is 5.35. The molecular formula is C25H26N4O. The smallest absolute Gasteiger partial charge is 0.255 e. The van der Waals surface area contributed by atoms with E-state index in [1.807, 2.05) is 50.2 Å². The first-order chi connectivity index (χ1) is 14.5. The standard InChI is InChI=1S/C25H26N4O/c1-4-5-9-19-11-13-20(14-12-19)29-27-23-15-18(3)22(16-24(23)28-29)26-25(30)21-10-7-6-8-17(21)2/h6-8,10-16H,4-5,9H2,1-3H3,(H,26,30). The van der Waals surface area contributed by atoms with Crippen LogP contribution in [0.2, 0.25) is 0 Å². The minimum Gasteiger partial charge on any atom is -0.322 e. The topological polar surface area (TPSA) is 59.8 Å². The molecule has 0 radical (unpaired) electrons. The summed E-state index contributed by atoms with van der Waals surface area (Å²) in [4.78, 5) is 14.4. The van der Waals surface area contributed by atoms with Crippen molar-refractivity contribution in [2.45, 2.75) is 40.0 Å². The Balaban J connectivity index is 1.60. The fourth-order valence-corrected chi connectivity index (χ4v) is 3.51. The predicted octanol–water partition coefficient (Wildman–Crippen LogP) is 5.63. The average Bonchev–Trinajstić information content (AvgIpc) is 3.15. The van der Waals surface area contributed by atoms with Crippen molar-refractivity contribution in [1.29, 1.82) is 0 Å². The van der Waals surface area contributed by atoms with Crippen molar-refractivity contribution in [3.8, 4) is 5.69 Å². The highest BCUT2D eigenvalue weighted by molar-refractivity contribution is 6.06. The zero-order chi connectivity index (χ0) is 21.1. The Hall–Kier alpha value is -3.47. The van der Waals surface area contributed by atoms with Crippen LogP contribution < -0.4 is 5.32 Å². The van der Waals surface area contributed by atoms with Gasteiger partial charge in [-0.05, 0) is 73.7 Å². The van der Waals surface area contributed by atoms with Crippen LogP contribution in [0, 0.1) is 13.8 Å². The molecule has 4 aromatic rings. The third kappa shape index (κ3) is 4.10. The first-order valence-corrected chi connectivity index (χ1v) is 10.4. The number of benzene rings is 3. The molecule has 1 N–H and O–H groups in total. The lowest BCUT2D eigenvalue weighted by Crippen LogP contribution is -2.14. The van der Waals surface area contributed by atoms with Gasteiger partial charge in [-0.3, -0.25) is 4.79 Å². The highest BCUT2D eigenvalue weighted by Crippen LogP contribution is 2.23. The fraction of sp³-hybridized carbons (Fsp3) is 0.240. The van der Waals surface area contributed by atoms with Crippen molar-refractivity contribution in [3.05, 3.63) is 82.9 Å². The first-order valence-electron chi connectivity index (χ1n) is 10.4. The van der Waals surface area contributed by atoms with Crippen LogP contribution in [0.5, 0.6) is 0 Å². The van der Waals surface area contributed by atoms with Crippen molar-refractivity contribution >= 4 is 22.6 Å². The third-order valence-corrected chi connectivity index (χ3v) is 5.35. The monoisotopic (exact) mass is 398 g/mol. The van der Waals surface area contributed by atoms with Crippen LogP contribution in [-0.4, -0.2) is 20.9 Å². The minimum atomic E-state index is -0.120. The number of carbonyl (C=O) groups is 1. The van der Waals surface area contributed by atoms with Gasteiger partial charge >= 0.3 is 0 Å². The number of aryl methyl sites for hydroxylation is 3. The van der Waals surface area contributed by atoms with E-state index in [-0.39, 0.29) is 5.91 Å². The van der Waals surface area contributed by atoms with Crippen LogP contribution in [0.3, 0.4) is 0 Å². The number of fused-ring (bicyclic) bond motifs is 1. The molecule has 0 unspecified atom stereocenters. The zero-order valence-corrected chi connectivity index (χ0v) is 17.6. The molecule has 0 saturated heterocycles. The number of anilines is 1. The van der Waals surface area contributed by atoms with Gasteiger partial charge in [-0.15, -0.1) is 10.2 Å². The van der Waals surface area contributed by atoms with Gasteiger partial charge in [-0.1, -0.05) is 43.7 Å². The maximum atomic E-state index is 12.7. The lowest BCUT2D eigenvalue weighted by Gasteiger charge is -2.09. The molecule has 152 valence electrons. The summed E-state index contributed by atoms with van der Waals surface area (Å²) in [6.07, 6.45) is 3.48. The lowest BCUT2D eigenvalue weighted by molar-refractivity contribution is 0.102. The Morgan fingerprint density at radius 1 is 0.933 bits per heavy atom. The van der Waals surface area contributed by atoms with Gasteiger partial charge in [0.25, 0.3) is 5.91 Å². The van der Waals surface area contributed by atoms with E-state index in [4.69, 9.17) is 0 Å². The van der Waals surface area contributed by atoms with Crippen molar-refractivity contribution in [2.24, 2.45) is 0 Å². The summed E-state index contributed by atoms with van der Waals surface area (Å²) in [6.45, 7) is 6.10. The number of nitrogens with one attached hydrogen (secondary N) is 1. The highest BCUT2D eigenvalue weighted by atomic mass is 16.1. The first kappa shape index (κ1) is 19.8. The van der Waals surface area contributed by atoms with Gasteiger partial charge in [0.15, 0.2) is 0 Å². The van der Waals surface area contributed by atoms with E-state index in [1.54, 1.807) is 4.80 Å². The van der Waals surface area contributed by atoms with Gasteiger partial charge in [0.1, 0.15) is 11.0 Å². The Morgan fingerprint density at radius 2 is 1.63 bits per heavy atom. The number of hydrogen-bond donors (Lipinski definition) is 1. The number of unbranched alkanes of at least 4 members (excludes halogenated alkanes) is 1. The van der Waals surface area contributed by atoms with Crippen LogP contribution in [0.15, 0.2) is 60.7 Å². The van der Waals surface area contributed by atoms with Crippen molar-refractivity contribution in [2.75, 3.05) is 5.32 Å². The van der Waals surface area contributed by atoms with Gasteiger partial charge < -0.3 is 5.32 Å². The molecule has 4 rings (SSSR count). The molecule has 0 aliphatic carbocycles. The van der Waals surface area contributed by atoms with Crippen molar-refractivity contribution < 1.29 is 4.79 Å². The van der Waals surface area contributed by atoms with Gasteiger partial charge in [-0.2, -0.15) is 4.80 Å². The van der Waals surface area contributed by atoms with E-state index in [0.717, 1.165) is 40.0 Å². The molecule has 0 fully saturated rings. The van der Waals surface area contributed by atoms with E-state index < -0.39 is 0 Å². The summed E-state index contributed by atoms with van der Waals surface area (Å²) in [5.74, 6) is -0.120. The molecule has 0 aliphatic heterocycles. The normalized spacial score (nSPS) is 11.0. The summed E-state index contributed by atoms with van der Waals surface area (Å²) in [5, 5.41) is 12.3. The number of carbonyl (C=O) groups excluding carboxylic acids is 1. The number of aromatic nitrogens is 3. The van der Waals surface area contributed by atoms with Gasteiger partial charge in [0.05, 0.1) is 5.69 Å². The molecule has 1 aromatic heterocycles. The molecule has 5 nitrogen and oxygen atoms in total. The van der Waals surface area contributed by atoms with E-state index in [2.05, 4.69) is 46.7 Å². The van der Waals surface area contributed by atoms with E-state index in [1.165, 1.54) is 18.4 Å². The summed E-state index contributed by atoms with van der Waals surface area (Å²) in [7, 11) is 0. The number of hydrogen-bond acceptors (Lipinski definition) is 3. The molecule has 0 aliphatic rings. The van der Waals surface area contributed by atoms with Crippen LogP contribution in [0.1, 0.15) is 46.8 Å². The van der Waals surface area contributed by atoms with Crippen LogP contribution in [-0.2, 0) is 6.42 Å². The van der Waals surface area contributed by atoms with Crippen molar-refractivity contribution in [3.63, 3.8) is 0 Å². The largest absolute Gasteiger partial charge is 0.322 e. The molecule has 1 heterocycles. The van der Waals surface area contributed by atoms with E-state index in [9.17, 15) is 4.79 Å². The number of rotatable bonds is 6. The van der Waals surface area contributed by atoms with Crippen molar-refractivity contribution in [1.82, 2.24) is 15.0 Å². The van der Waals surface area contributed by atoms with Crippen LogP contribution in [0.25, 0.3) is 16.7 Å². The summed E-state index contributed by atoms with van der Waals surface area (Å²) in [6, 6.07) is 19.8. The Labute approximate surface area is 176 Å². The molecule has 0 spiro atoms. The minimum absolute atomic E-state index is 0.120. The molecule has 5 heteroatoms. The molecule has 0 saturated carbocycles. The van der Waals surface area contributed by atoms with Gasteiger partial charge in [0, 0.05) is 11.3 Å². The van der Waals surface area contributed by atoms with Crippen LogP contribution >= 0.6 is 0 Å². The van der Waals surface area contributed by atoms with Gasteiger partial charge in [-0.25, -0.2) is 0 Å². The quantitative estimate of drug-likeness (QED) is 0.458. The second-order valence-corrected chi connectivity index (χ2v) is 7.68. The highest BCUT2D eigenvalue weighted by Gasteiger charge is 2.13. The maximum Gasteiger partial charge on any atom is 0.255 e. The predicted molar refractivity (Wildman–Crippen MR) is 121 cm³/mol. The SMILES string of the molecule is CCCCc1ccc(-n2nc3cc(C)c(NC(=O)c4ccccc4C)cc3n2)cc1. The lowest BCUT2D eigenvalue weighted by atomic mass is 10.1. The summed E-state index contributed by atoms with van der Waals surface area (Å²) in [5.41, 5.74) is 7.12. The summed E-state index contributed by atoms with van der Waals surface area (Å²) >= 11 is 0. The Kier molecular flexibility index (Phi) is 5.61. The Bertz CT molecular complexity index is 1190. The molecule has 1 amide bonds.